The Morgan fingerprint density at radius 3 is 2.43 bits per heavy atom. The molecule has 4 nitrogen and oxygen atoms in total. The van der Waals surface area contributed by atoms with E-state index in [1.54, 1.807) is 6.07 Å². The number of fused-ring (bicyclic) bond motifs is 3. The zero-order valence-corrected chi connectivity index (χ0v) is 15.3. The van der Waals surface area contributed by atoms with Crippen LogP contribution in [0.2, 0.25) is 0 Å². The van der Waals surface area contributed by atoms with Crippen molar-refractivity contribution in [2.24, 2.45) is 5.92 Å². The number of halogens is 3. The number of nitrogens with zero attached hydrogens (tertiary/aromatic N) is 2. The largest absolute Gasteiger partial charge is 0.444 e. The standard InChI is InChI=1S/C21H21F3N2O2/c22-16-6-5-14(11-18(16)24)12-26(19-4-2-1-3-17(19)23)21(27)28-20-13-25-9-7-15(20)8-10-25/h1-6,11,15,20H,7-10,12-13H2. The van der Waals surface area contributed by atoms with Crippen LogP contribution >= 0.6 is 0 Å². The summed E-state index contributed by atoms with van der Waals surface area (Å²) in [6.07, 6.45) is 1.02. The van der Waals surface area contributed by atoms with Gasteiger partial charge < -0.3 is 4.74 Å². The minimum Gasteiger partial charge on any atom is -0.444 e. The van der Waals surface area contributed by atoms with Gasteiger partial charge >= 0.3 is 6.09 Å². The van der Waals surface area contributed by atoms with Crippen molar-refractivity contribution in [1.29, 1.82) is 0 Å². The second-order valence-electron chi connectivity index (χ2n) is 7.35. The highest BCUT2D eigenvalue weighted by Gasteiger charge is 2.37. The van der Waals surface area contributed by atoms with E-state index < -0.39 is 23.5 Å². The van der Waals surface area contributed by atoms with Gasteiger partial charge in [-0.3, -0.25) is 9.80 Å². The zero-order valence-electron chi connectivity index (χ0n) is 15.3. The highest BCUT2D eigenvalue weighted by Crippen LogP contribution is 2.31. The molecule has 5 rings (SSSR count). The van der Waals surface area contributed by atoms with Crippen LogP contribution in [0.5, 0.6) is 0 Å². The van der Waals surface area contributed by atoms with E-state index in [1.807, 2.05) is 0 Å². The molecule has 2 bridgehead atoms. The molecule has 0 N–H and O–H groups in total. The van der Waals surface area contributed by atoms with Gasteiger partial charge in [-0.2, -0.15) is 0 Å². The lowest BCUT2D eigenvalue weighted by molar-refractivity contribution is -0.0311. The summed E-state index contributed by atoms with van der Waals surface area (Å²) < 4.78 is 46.9. The lowest BCUT2D eigenvalue weighted by Crippen LogP contribution is -2.53. The van der Waals surface area contributed by atoms with Crippen LogP contribution in [0.1, 0.15) is 18.4 Å². The molecule has 0 spiro atoms. The molecular weight excluding hydrogens is 369 g/mol. The van der Waals surface area contributed by atoms with Crippen LogP contribution in [0.3, 0.4) is 0 Å². The van der Waals surface area contributed by atoms with Crippen LogP contribution in [0.4, 0.5) is 23.7 Å². The molecule has 3 heterocycles. The van der Waals surface area contributed by atoms with E-state index >= 15 is 0 Å². The van der Waals surface area contributed by atoms with E-state index in [1.165, 1.54) is 24.3 Å². The molecule has 3 fully saturated rings. The van der Waals surface area contributed by atoms with Gasteiger partial charge in [-0.05, 0) is 61.7 Å². The van der Waals surface area contributed by atoms with Crippen LogP contribution in [0, 0.1) is 23.4 Å². The summed E-state index contributed by atoms with van der Waals surface area (Å²) in [5, 5.41) is 0. The third-order valence-electron chi connectivity index (χ3n) is 5.54. The molecule has 7 heteroatoms. The van der Waals surface area contributed by atoms with Gasteiger partial charge in [-0.1, -0.05) is 18.2 Å². The maximum absolute atomic E-state index is 14.4. The first-order valence-corrected chi connectivity index (χ1v) is 9.40. The number of benzene rings is 2. The van der Waals surface area contributed by atoms with Gasteiger partial charge in [0.25, 0.3) is 0 Å². The van der Waals surface area contributed by atoms with Gasteiger partial charge in [-0.25, -0.2) is 18.0 Å². The topological polar surface area (TPSA) is 32.8 Å². The first-order valence-electron chi connectivity index (χ1n) is 9.40. The van der Waals surface area contributed by atoms with Crippen LogP contribution in [0.15, 0.2) is 42.5 Å². The molecule has 3 aliphatic rings. The Kier molecular flexibility index (Phi) is 5.26. The first-order chi connectivity index (χ1) is 13.5. The van der Waals surface area contributed by atoms with Gasteiger partial charge in [0.1, 0.15) is 11.9 Å². The quantitative estimate of drug-likeness (QED) is 0.779. The van der Waals surface area contributed by atoms with Crippen molar-refractivity contribution in [2.45, 2.75) is 25.5 Å². The van der Waals surface area contributed by atoms with Crippen molar-refractivity contribution in [1.82, 2.24) is 4.90 Å². The highest BCUT2D eigenvalue weighted by atomic mass is 19.2. The van der Waals surface area contributed by atoms with Crippen molar-refractivity contribution in [2.75, 3.05) is 24.5 Å². The Bertz CT molecular complexity index is 868. The number of piperidine rings is 3. The number of rotatable bonds is 4. The molecular formula is C21H21F3N2O2. The molecule has 2 aromatic carbocycles. The Morgan fingerprint density at radius 2 is 1.79 bits per heavy atom. The maximum atomic E-state index is 14.4. The number of carbonyl (C=O) groups is 1. The number of carbonyl (C=O) groups excluding carboxylic acids is 1. The highest BCUT2D eigenvalue weighted by molar-refractivity contribution is 5.87. The summed E-state index contributed by atoms with van der Waals surface area (Å²) in [5.41, 5.74) is 0.381. The SMILES string of the molecule is O=C(OC1CN2CCC1CC2)N(Cc1ccc(F)c(F)c1)c1ccccc1F. The molecule has 3 aliphatic heterocycles. The number of hydrogen-bond acceptors (Lipinski definition) is 3. The van der Waals surface area contributed by atoms with Crippen molar-refractivity contribution >= 4 is 11.8 Å². The Labute approximate surface area is 161 Å². The molecule has 2 aromatic rings. The van der Waals surface area contributed by atoms with Crippen LogP contribution in [-0.2, 0) is 11.3 Å². The minimum absolute atomic E-state index is 0.0403. The van der Waals surface area contributed by atoms with Gasteiger partial charge in [0.05, 0.1) is 12.2 Å². The zero-order chi connectivity index (χ0) is 19.7. The molecule has 0 radical (unpaired) electrons. The smallest absolute Gasteiger partial charge is 0.415 e. The second kappa shape index (κ2) is 7.83. The number of ether oxygens (including phenoxy) is 1. The number of para-hydroxylation sites is 1. The lowest BCUT2D eigenvalue weighted by atomic mass is 9.86. The Hall–Kier alpha value is -2.54. The monoisotopic (exact) mass is 390 g/mol. The van der Waals surface area contributed by atoms with E-state index in [2.05, 4.69) is 4.90 Å². The van der Waals surface area contributed by atoms with Crippen molar-refractivity contribution < 1.29 is 22.7 Å². The van der Waals surface area contributed by atoms with E-state index in [-0.39, 0.29) is 18.3 Å². The summed E-state index contributed by atoms with van der Waals surface area (Å²) in [5.74, 6) is -2.27. The van der Waals surface area contributed by atoms with E-state index in [9.17, 15) is 18.0 Å². The van der Waals surface area contributed by atoms with Gasteiger partial charge in [0.2, 0.25) is 0 Å². The van der Waals surface area contributed by atoms with Crippen molar-refractivity contribution in [3.05, 3.63) is 65.5 Å². The predicted molar refractivity (Wildman–Crippen MR) is 98.4 cm³/mol. The van der Waals surface area contributed by atoms with Crippen molar-refractivity contribution in [3.8, 4) is 0 Å². The maximum Gasteiger partial charge on any atom is 0.415 e. The summed E-state index contributed by atoms with van der Waals surface area (Å²) in [6, 6.07) is 9.20. The fraction of sp³-hybridized carbons (Fsp3) is 0.381. The summed E-state index contributed by atoms with van der Waals surface area (Å²) in [7, 11) is 0. The average Bonchev–Trinajstić information content (AvgIpc) is 2.70. The molecule has 1 atom stereocenters. The van der Waals surface area contributed by atoms with Gasteiger partial charge in [0, 0.05) is 6.54 Å². The number of anilines is 1. The van der Waals surface area contributed by atoms with E-state index in [0.29, 0.717) is 18.0 Å². The third-order valence-corrected chi connectivity index (χ3v) is 5.54. The molecule has 0 aliphatic carbocycles. The normalized spacial score (nSPS) is 23.5. The summed E-state index contributed by atoms with van der Waals surface area (Å²) in [4.78, 5) is 16.3. The average molecular weight is 390 g/mol. The fourth-order valence-electron chi connectivity index (χ4n) is 3.98. The van der Waals surface area contributed by atoms with Gasteiger partial charge in [-0.15, -0.1) is 0 Å². The molecule has 148 valence electrons. The molecule has 1 unspecified atom stereocenters. The Morgan fingerprint density at radius 1 is 1.04 bits per heavy atom. The first kappa shape index (κ1) is 18.8. The minimum atomic E-state index is -1.02. The summed E-state index contributed by atoms with van der Waals surface area (Å²) >= 11 is 0. The molecule has 3 saturated heterocycles. The molecule has 1 amide bonds. The van der Waals surface area contributed by atoms with Gasteiger partial charge in [0.15, 0.2) is 11.6 Å². The predicted octanol–water partition coefficient (Wildman–Crippen LogP) is 4.34. The van der Waals surface area contributed by atoms with Crippen LogP contribution < -0.4 is 4.90 Å². The Balaban J connectivity index is 1.58. The van der Waals surface area contributed by atoms with E-state index in [4.69, 9.17) is 4.74 Å². The third kappa shape index (κ3) is 3.85. The fourth-order valence-corrected chi connectivity index (χ4v) is 3.98. The second-order valence-corrected chi connectivity index (χ2v) is 7.35. The molecule has 28 heavy (non-hydrogen) atoms. The summed E-state index contributed by atoms with van der Waals surface area (Å²) in [6.45, 7) is 2.56. The molecule has 0 aromatic heterocycles. The van der Waals surface area contributed by atoms with E-state index in [0.717, 1.165) is 43.0 Å². The van der Waals surface area contributed by atoms with Crippen molar-refractivity contribution in [3.63, 3.8) is 0 Å². The van der Waals surface area contributed by atoms with Crippen LogP contribution in [0.25, 0.3) is 0 Å². The lowest BCUT2D eigenvalue weighted by Gasteiger charge is -2.44. The van der Waals surface area contributed by atoms with Crippen LogP contribution in [-0.4, -0.2) is 36.7 Å². The number of hydrogen-bond donors (Lipinski definition) is 0. The number of amides is 1. The molecule has 0 saturated carbocycles.